The molecule has 54 heavy (non-hydrogen) atoms. The lowest BCUT2D eigenvalue weighted by Crippen LogP contribution is -2.75. The lowest BCUT2D eigenvalue weighted by atomic mass is 9.81. The molecule has 6 heteroatoms. The molecule has 0 aliphatic carbocycles. The van der Waals surface area contributed by atoms with Crippen LogP contribution in [-0.4, -0.2) is 26.3 Å². The Balaban J connectivity index is 1.31. The van der Waals surface area contributed by atoms with Crippen LogP contribution in [0.3, 0.4) is 0 Å². The minimum absolute atomic E-state index is 0.115. The normalized spacial score (nSPS) is 13.4. The molecular formula is C48H39N2OSSi2. The number of fused-ring (bicyclic) bond motifs is 7. The van der Waals surface area contributed by atoms with Crippen LogP contribution < -0.4 is 31.1 Å². The van der Waals surface area contributed by atoms with Crippen molar-refractivity contribution in [1.82, 2.24) is 9.38 Å². The molecule has 0 amide bonds. The smallest absolute Gasteiger partial charge is 0.307 e. The molecule has 0 spiro atoms. The van der Waals surface area contributed by atoms with Crippen molar-refractivity contribution in [1.29, 1.82) is 0 Å². The summed E-state index contributed by atoms with van der Waals surface area (Å²) in [4.78, 5) is 8.05. The van der Waals surface area contributed by atoms with Crippen molar-refractivity contribution >= 4 is 87.7 Å². The first kappa shape index (κ1) is 33.2. The van der Waals surface area contributed by atoms with Crippen molar-refractivity contribution in [2.75, 3.05) is 0 Å². The zero-order chi connectivity index (χ0) is 36.6. The van der Waals surface area contributed by atoms with E-state index in [9.17, 15) is 0 Å². The molecule has 0 bridgehead atoms. The van der Waals surface area contributed by atoms with Crippen LogP contribution in [0.4, 0.5) is 0 Å². The van der Waals surface area contributed by atoms with Crippen LogP contribution in [0, 0.1) is 0 Å². The van der Waals surface area contributed by atoms with Crippen molar-refractivity contribution in [3.63, 3.8) is 0 Å². The molecule has 1 aliphatic rings. The number of para-hydroxylation sites is 3. The van der Waals surface area contributed by atoms with Gasteiger partial charge in [-0.25, -0.2) is 0 Å². The first-order valence-electron chi connectivity index (χ1n) is 18.6. The maximum Gasteiger partial charge on any atom is 0.307 e. The second kappa shape index (κ2) is 12.6. The third kappa shape index (κ3) is 4.97. The highest BCUT2D eigenvalue weighted by molar-refractivity contribution is 8.00. The van der Waals surface area contributed by atoms with Crippen LogP contribution in [0.5, 0.6) is 0 Å². The van der Waals surface area contributed by atoms with Gasteiger partial charge in [-0.05, 0) is 71.9 Å². The second-order valence-electron chi connectivity index (χ2n) is 15.4. The average Bonchev–Trinajstić information content (AvgIpc) is 3.75. The minimum atomic E-state index is -2.95. The fraction of sp³-hybridized carbons (Fsp3) is 0.104. The molecule has 2 aromatic heterocycles. The van der Waals surface area contributed by atoms with Gasteiger partial charge in [-0.2, -0.15) is 4.98 Å². The summed E-state index contributed by atoms with van der Waals surface area (Å²) in [5, 5.41) is 8.60. The Morgan fingerprint density at radius 1 is 0.611 bits per heavy atom. The van der Waals surface area contributed by atoms with E-state index >= 15 is 0 Å². The molecule has 10 rings (SSSR count). The van der Waals surface area contributed by atoms with Crippen molar-refractivity contribution in [2.24, 2.45) is 0 Å². The predicted molar refractivity (Wildman–Crippen MR) is 232 cm³/mol. The second-order valence-corrected chi connectivity index (χ2v) is 22.5. The molecule has 7 aromatic carbocycles. The Bertz CT molecular complexity index is 2830. The number of oxazole rings is 1. The molecule has 3 heterocycles. The molecule has 9 aromatic rings. The van der Waals surface area contributed by atoms with E-state index < -0.39 is 16.9 Å². The number of hydrogen-bond donors (Lipinski definition) is 0. The zero-order valence-electron chi connectivity index (χ0n) is 30.8. The fourth-order valence-corrected chi connectivity index (χ4v) is 18.4. The third-order valence-corrected chi connectivity index (χ3v) is 20.3. The van der Waals surface area contributed by atoms with Gasteiger partial charge in [-0.1, -0.05) is 179 Å². The Kier molecular flexibility index (Phi) is 7.74. The number of aromatic nitrogens is 2. The maximum absolute atomic E-state index is 6.32. The highest BCUT2D eigenvalue weighted by Gasteiger charge is 2.45. The fourth-order valence-electron chi connectivity index (χ4n) is 8.78. The Morgan fingerprint density at radius 2 is 1.26 bits per heavy atom. The van der Waals surface area contributed by atoms with Crippen molar-refractivity contribution in [2.45, 2.75) is 42.5 Å². The topological polar surface area (TPSA) is 30.4 Å². The van der Waals surface area contributed by atoms with Crippen molar-refractivity contribution < 1.29 is 4.42 Å². The molecule has 0 saturated heterocycles. The number of nitrogens with zero attached hydrogens (tertiary/aromatic N) is 2. The standard InChI is InChI=1S/C48H39N2OSSi2/c1-48(2,3)37-30-29-34(31-36(37)35-21-15-23-39-45(35)49-47-50(39)38-22-11-12-24-40(38)51-47)54(32-17-7-5-8-18-32,33-19-9-6-10-20-33)44-28-16-27-43-46(44)52-41-25-13-14-26-42(41)53(43)4/h5-31H,1-4H3. The van der Waals surface area contributed by atoms with E-state index in [1.807, 2.05) is 23.9 Å². The molecule has 3 nitrogen and oxygen atoms in total. The van der Waals surface area contributed by atoms with Crippen LogP contribution >= 0.6 is 11.8 Å². The largest absolute Gasteiger partial charge is 0.423 e. The zero-order valence-corrected chi connectivity index (χ0v) is 33.6. The molecule has 1 radical (unpaired) electrons. The Labute approximate surface area is 323 Å². The monoisotopic (exact) mass is 747 g/mol. The Morgan fingerprint density at radius 3 is 2.02 bits per heavy atom. The molecular weight excluding hydrogens is 709 g/mol. The molecule has 261 valence electrons. The molecule has 0 fully saturated rings. The van der Waals surface area contributed by atoms with E-state index in [1.165, 1.54) is 52.0 Å². The number of benzene rings is 7. The molecule has 0 N–H and O–H groups in total. The average molecular weight is 748 g/mol. The van der Waals surface area contributed by atoms with Crippen LogP contribution in [0.15, 0.2) is 178 Å². The third-order valence-electron chi connectivity index (χ3n) is 11.3. The van der Waals surface area contributed by atoms with Crippen LogP contribution in [0.2, 0.25) is 6.55 Å². The van der Waals surface area contributed by atoms with E-state index in [1.54, 1.807) is 0 Å². The summed E-state index contributed by atoms with van der Waals surface area (Å²) >= 11 is 1.97. The molecule has 0 atom stereocenters. The highest BCUT2D eigenvalue weighted by atomic mass is 32.2. The highest BCUT2D eigenvalue weighted by Crippen LogP contribution is 2.38. The van der Waals surface area contributed by atoms with E-state index in [-0.39, 0.29) is 5.41 Å². The summed E-state index contributed by atoms with van der Waals surface area (Å²) in [5.41, 5.74) is 7.42. The molecule has 1 aliphatic heterocycles. The predicted octanol–water partition coefficient (Wildman–Crippen LogP) is 8.28. The van der Waals surface area contributed by atoms with E-state index in [0.29, 0.717) is 5.84 Å². The van der Waals surface area contributed by atoms with Gasteiger partial charge in [-0.15, -0.1) is 0 Å². The van der Waals surface area contributed by atoms with Gasteiger partial charge in [0.1, 0.15) is 14.3 Å². The van der Waals surface area contributed by atoms with Gasteiger partial charge in [0.15, 0.2) is 13.7 Å². The summed E-state index contributed by atoms with van der Waals surface area (Å²) in [6.07, 6.45) is 0. The maximum atomic E-state index is 6.32. The van der Waals surface area contributed by atoms with Crippen LogP contribution in [0.25, 0.3) is 39.1 Å². The lowest BCUT2D eigenvalue weighted by Gasteiger charge is -2.38. The minimum Gasteiger partial charge on any atom is -0.423 e. The van der Waals surface area contributed by atoms with Crippen LogP contribution in [-0.2, 0) is 5.41 Å². The summed E-state index contributed by atoms with van der Waals surface area (Å²) in [6.45, 7) is 9.44. The van der Waals surface area contributed by atoms with Gasteiger partial charge >= 0.3 is 5.84 Å². The quantitative estimate of drug-likeness (QED) is 0.131. The van der Waals surface area contributed by atoms with Gasteiger partial charge in [0.25, 0.3) is 0 Å². The summed E-state index contributed by atoms with van der Waals surface area (Å²) in [5.74, 6) is 0.620. The van der Waals surface area contributed by atoms with Crippen LogP contribution in [0.1, 0.15) is 26.3 Å². The number of hydrogen-bond acceptors (Lipinski definition) is 3. The SMILES string of the molecule is C[Si]1c2ccccc2Sc2c1cccc2[Si](c1ccccc1)(c1ccccc1)c1ccc(C(C)(C)C)c(-c2cccc3c2nc2oc4ccccc4n23)c1. The Hall–Kier alpha value is -5.41. The first-order valence-corrected chi connectivity index (χ1v) is 23.5. The van der Waals surface area contributed by atoms with Gasteiger partial charge in [0.2, 0.25) is 0 Å². The van der Waals surface area contributed by atoms with E-state index in [4.69, 9.17) is 9.40 Å². The van der Waals surface area contributed by atoms with Gasteiger partial charge in [0.05, 0.1) is 11.0 Å². The first-order chi connectivity index (χ1) is 26.3. The van der Waals surface area contributed by atoms with Gasteiger partial charge in [-0.3, -0.25) is 4.40 Å². The number of rotatable bonds is 5. The van der Waals surface area contributed by atoms with E-state index in [0.717, 1.165) is 27.7 Å². The lowest BCUT2D eigenvalue weighted by molar-refractivity contribution is 0.592. The molecule has 0 saturated carbocycles. The van der Waals surface area contributed by atoms with Crippen molar-refractivity contribution in [3.05, 3.63) is 169 Å². The summed E-state index contributed by atoms with van der Waals surface area (Å²) in [7, 11) is -3.92. The molecule has 0 unspecified atom stereocenters. The van der Waals surface area contributed by atoms with Gasteiger partial charge in [0, 0.05) is 15.4 Å². The summed E-state index contributed by atoms with van der Waals surface area (Å²) in [6, 6.07) is 61.2. The number of imidazole rings is 1. The van der Waals surface area contributed by atoms with E-state index in [2.05, 4.69) is 183 Å². The summed E-state index contributed by atoms with van der Waals surface area (Å²) < 4.78 is 8.49. The van der Waals surface area contributed by atoms with Crippen molar-refractivity contribution in [3.8, 4) is 11.1 Å². The van der Waals surface area contributed by atoms with Gasteiger partial charge < -0.3 is 4.42 Å².